The van der Waals surface area contributed by atoms with Crippen LogP contribution in [0.1, 0.15) is 46.5 Å². The van der Waals surface area contributed by atoms with Crippen LogP contribution in [0.4, 0.5) is 5.00 Å². The number of carbonyl (C=O) groups excluding carboxylic acids is 2. The maximum absolute atomic E-state index is 13.1. The number of amides is 2. The number of hydrogen-bond donors (Lipinski definition) is 1. The fraction of sp³-hybridized carbons (Fsp3) is 0.588. The smallest absolute Gasteiger partial charge is 0.257 e. The van der Waals surface area contributed by atoms with Crippen LogP contribution in [0.3, 0.4) is 0 Å². The summed E-state index contributed by atoms with van der Waals surface area (Å²) in [5.74, 6) is -0.380. The fourth-order valence-corrected chi connectivity index (χ4v) is 4.52. The van der Waals surface area contributed by atoms with Crippen LogP contribution < -0.4 is 5.32 Å². The van der Waals surface area contributed by atoms with Crippen molar-refractivity contribution in [1.82, 2.24) is 4.90 Å². The van der Waals surface area contributed by atoms with E-state index in [0.717, 1.165) is 31.2 Å². The van der Waals surface area contributed by atoms with E-state index in [1.807, 2.05) is 6.07 Å². The topological polar surface area (TPSA) is 82.4 Å². The Bertz CT molecular complexity index is 671. The Morgan fingerprint density at radius 1 is 1.21 bits per heavy atom. The molecule has 1 saturated heterocycles. The van der Waals surface area contributed by atoms with Crippen LogP contribution >= 0.6 is 11.3 Å². The molecule has 0 saturated carbocycles. The average molecular weight is 347 g/mol. The van der Waals surface area contributed by atoms with E-state index >= 15 is 0 Å². The Kier molecular flexibility index (Phi) is 5.48. The highest BCUT2D eigenvalue weighted by Gasteiger charge is 2.29. The van der Waals surface area contributed by atoms with Crippen molar-refractivity contribution in [2.45, 2.75) is 38.5 Å². The number of rotatable bonds is 3. The third-order valence-electron chi connectivity index (χ3n) is 4.43. The zero-order valence-corrected chi connectivity index (χ0v) is 14.4. The SMILES string of the molecule is N#CCC(=O)Nc1sc2c(c1C(=O)N1CCOCC1)CCCCC2. The van der Waals surface area contributed by atoms with E-state index in [4.69, 9.17) is 10.00 Å². The first kappa shape index (κ1) is 16.9. The van der Waals surface area contributed by atoms with Crippen LogP contribution in [0, 0.1) is 11.3 Å². The number of anilines is 1. The molecule has 1 aromatic rings. The normalized spacial score (nSPS) is 17.5. The third kappa shape index (κ3) is 3.60. The van der Waals surface area contributed by atoms with Crippen molar-refractivity contribution in [3.05, 3.63) is 16.0 Å². The molecule has 0 radical (unpaired) electrons. The minimum Gasteiger partial charge on any atom is -0.378 e. The highest BCUT2D eigenvalue weighted by Crippen LogP contribution is 2.38. The van der Waals surface area contributed by atoms with Gasteiger partial charge in [0.1, 0.15) is 11.4 Å². The second-order valence-corrected chi connectivity index (χ2v) is 7.16. The summed E-state index contributed by atoms with van der Waals surface area (Å²) in [6.07, 6.45) is 4.99. The van der Waals surface area contributed by atoms with Gasteiger partial charge >= 0.3 is 0 Å². The lowest BCUT2D eigenvalue weighted by molar-refractivity contribution is -0.115. The van der Waals surface area contributed by atoms with Crippen molar-refractivity contribution in [2.24, 2.45) is 0 Å². The van der Waals surface area contributed by atoms with Gasteiger partial charge in [-0.05, 0) is 31.2 Å². The van der Waals surface area contributed by atoms with E-state index in [1.165, 1.54) is 22.6 Å². The van der Waals surface area contributed by atoms with Crippen molar-refractivity contribution < 1.29 is 14.3 Å². The lowest BCUT2D eigenvalue weighted by atomic mass is 10.0. The van der Waals surface area contributed by atoms with Gasteiger partial charge in [-0.15, -0.1) is 11.3 Å². The zero-order chi connectivity index (χ0) is 16.9. The van der Waals surface area contributed by atoms with Crippen LogP contribution in [-0.4, -0.2) is 43.0 Å². The summed E-state index contributed by atoms with van der Waals surface area (Å²) in [6, 6.07) is 1.85. The van der Waals surface area contributed by atoms with Gasteiger partial charge in [0.15, 0.2) is 0 Å². The first-order valence-electron chi connectivity index (χ1n) is 8.39. The van der Waals surface area contributed by atoms with E-state index in [-0.39, 0.29) is 18.2 Å². The summed E-state index contributed by atoms with van der Waals surface area (Å²) in [5.41, 5.74) is 1.74. The van der Waals surface area contributed by atoms with Gasteiger partial charge in [-0.25, -0.2) is 0 Å². The molecule has 6 nitrogen and oxygen atoms in total. The highest BCUT2D eigenvalue weighted by molar-refractivity contribution is 7.17. The van der Waals surface area contributed by atoms with Crippen molar-refractivity contribution in [3.8, 4) is 6.07 Å². The van der Waals surface area contributed by atoms with E-state index in [1.54, 1.807) is 4.90 Å². The number of morpholine rings is 1. The Balaban J connectivity index is 1.94. The molecule has 1 aromatic heterocycles. The van der Waals surface area contributed by atoms with Gasteiger partial charge in [0.05, 0.1) is 24.8 Å². The molecule has 0 unspecified atom stereocenters. The summed E-state index contributed by atoms with van der Waals surface area (Å²) in [6.45, 7) is 2.26. The summed E-state index contributed by atoms with van der Waals surface area (Å²) in [7, 11) is 0. The molecule has 7 heteroatoms. The molecule has 24 heavy (non-hydrogen) atoms. The Morgan fingerprint density at radius 2 is 1.96 bits per heavy atom. The molecule has 2 heterocycles. The number of hydrogen-bond acceptors (Lipinski definition) is 5. The summed E-state index contributed by atoms with van der Waals surface area (Å²) in [5, 5.41) is 12.1. The molecular formula is C17H21N3O3S. The van der Waals surface area contributed by atoms with Crippen LogP contribution in [-0.2, 0) is 22.4 Å². The fourth-order valence-electron chi connectivity index (χ4n) is 3.22. The molecule has 128 valence electrons. The van der Waals surface area contributed by atoms with Gasteiger partial charge < -0.3 is 15.0 Å². The molecule has 2 aliphatic rings. The predicted molar refractivity (Wildman–Crippen MR) is 91.2 cm³/mol. The predicted octanol–water partition coefficient (Wildman–Crippen LogP) is 2.34. The van der Waals surface area contributed by atoms with Gasteiger partial charge in [-0.2, -0.15) is 5.26 Å². The minimum atomic E-state index is -0.357. The summed E-state index contributed by atoms with van der Waals surface area (Å²) >= 11 is 1.50. The van der Waals surface area contributed by atoms with Crippen molar-refractivity contribution in [2.75, 3.05) is 31.6 Å². The maximum Gasteiger partial charge on any atom is 0.257 e. The quantitative estimate of drug-likeness (QED) is 0.851. The van der Waals surface area contributed by atoms with Gasteiger partial charge in [0, 0.05) is 18.0 Å². The molecule has 0 aromatic carbocycles. The Labute approximate surface area is 145 Å². The molecule has 3 rings (SSSR count). The van der Waals surface area contributed by atoms with E-state index in [0.29, 0.717) is 36.9 Å². The molecule has 1 aliphatic carbocycles. The number of carbonyl (C=O) groups is 2. The van der Waals surface area contributed by atoms with Crippen LogP contribution in [0.15, 0.2) is 0 Å². The lowest BCUT2D eigenvalue weighted by Crippen LogP contribution is -2.41. The molecule has 0 bridgehead atoms. The molecule has 1 N–H and O–H groups in total. The monoisotopic (exact) mass is 347 g/mol. The number of thiophene rings is 1. The Hall–Kier alpha value is -1.91. The van der Waals surface area contributed by atoms with Crippen LogP contribution in [0.2, 0.25) is 0 Å². The first-order valence-corrected chi connectivity index (χ1v) is 9.20. The highest BCUT2D eigenvalue weighted by atomic mass is 32.1. The van der Waals surface area contributed by atoms with Crippen molar-refractivity contribution in [3.63, 3.8) is 0 Å². The number of aryl methyl sites for hydroxylation is 1. The van der Waals surface area contributed by atoms with Gasteiger partial charge in [0.2, 0.25) is 5.91 Å². The molecule has 2 amide bonds. The van der Waals surface area contributed by atoms with Crippen LogP contribution in [0.25, 0.3) is 0 Å². The van der Waals surface area contributed by atoms with E-state index in [2.05, 4.69) is 5.32 Å². The number of fused-ring (bicyclic) bond motifs is 1. The summed E-state index contributed by atoms with van der Waals surface area (Å²) in [4.78, 5) is 27.9. The number of nitriles is 1. The average Bonchev–Trinajstić information content (AvgIpc) is 2.76. The number of nitrogens with one attached hydrogen (secondary N) is 1. The van der Waals surface area contributed by atoms with E-state index < -0.39 is 0 Å². The Morgan fingerprint density at radius 3 is 2.71 bits per heavy atom. The van der Waals surface area contributed by atoms with Crippen molar-refractivity contribution >= 4 is 28.2 Å². The second kappa shape index (κ2) is 7.77. The summed E-state index contributed by atoms with van der Waals surface area (Å²) < 4.78 is 5.33. The molecule has 1 aliphatic heterocycles. The largest absolute Gasteiger partial charge is 0.378 e. The molecule has 1 fully saturated rings. The third-order valence-corrected chi connectivity index (χ3v) is 5.63. The lowest BCUT2D eigenvalue weighted by Gasteiger charge is -2.27. The van der Waals surface area contributed by atoms with Crippen molar-refractivity contribution in [1.29, 1.82) is 5.26 Å². The van der Waals surface area contributed by atoms with Gasteiger partial charge in [-0.3, -0.25) is 9.59 Å². The van der Waals surface area contributed by atoms with Gasteiger partial charge in [-0.1, -0.05) is 6.42 Å². The standard InChI is InChI=1S/C17H21N3O3S/c18-7-6-14(21)19-16-15(17(22)20-8-10-23-11-9-20)12-4-2-1-3-5-13(12)24-16/h1-6,8-11H2,(H,19,21). The van der Waals surface area contributed by atoms with Crippen LogP contribution in [0.5, 0.6) is 0 Å². The molecule has 0 spiro atoms. The van der Waals surface area contributed by atoms with Gasteiger partial charge in [0.25, 0.3) is 5.91 Å². The number of ether oxygens (including phenoxy) is 1. The first-order chi connectivity index (χ1) is 11.7. The zero-order valence-electron chi connectivity index (χ0n) is 13.6. The second-order valence-electron chi connectivity index (χ2n) is 6.06. The molecule has 0 atom stereocenters. The number of nitrogens with zero attached hydrogens (tertiary/aromatic N) is 2. The molecular weight excluding hydrogens is 326 g/mol. The maximum atomic E-state index is 13.1. The van der Waals surface area contributed by atoms with E-state index in [9.17, 15) is 9.59 Å². The minimum absolute atomic E-state index is 0.0232.